The van der Waals surface area contributed by atoms with Crippen molar-refractivity contribution in [2.75, 3.05) is 26.8 Å². The second-order valence-corrected chi connectivity index (χ2v) is 7.39. The standard InChI is InChI=1S/C19H22F3N3O3/c1-27-15-3-2-10-28-18(15)6-8-25(9-7-18)16(26)12-4-5-13-14(11-12)24-17(23-13)19(20,21)22/h4-5,11,15H,2-3,6-10H2,1H3,(H,23,24)/t15-/m0/s1. The number of methoxy groups -OCH3 is 1. The first kappa shape index (κ1) is 19.2. The van der Waals surface area contributed by atoms with Crippen molar-refractivity contribution in [3.63, 3.8) is 0 Å². The van der Waals surface area contributed by atoms with Gasteiger partial charge in [-0.05, 0) is 43.9 Å². The van der Waals surface area contributed by atoms with Gasteiger partial charge in [-0.2, -0.15) is 13.2 Å². The summed E-state index contributed by atoms with van der Waals surface area (Å²) in [6, 6.07) is 4.38. The Labute approximate surface area is 160 Å². The van der Waals surface area contributed by atoms with Crippen molar-refractivity contribution < 1.29 is 27.4 Å². The number of carbonyl (C=O) groups excluding carboxylic acids is 1. The molecule has 0 unspecified atom stereocenters. The minimum absolute atomic E-state index is 0.0284. The van der Waals surface area contributed by atoms with Crippen LogP contribution in [0.15, 0.2) is 18.2 Å². The number of halogens is 3. The number of amides is 1. The Morgan fingerprint density at radius 3 is 2.79 bits per heavy atom. The number of imidazole rings is 1. The van der Waals surface area contributed by atoms with Gasteiger partial charge >= 0.3 is 6.18 Å². The number of ether oxygens (including phenoxy) is 2. The van der Waals surface area contributed by atoms with Gasteiger partial charge in [0.05, 0.1) is 22.7 Å². The zero-order valence-electron chi connectivity index (χ0n) is 15.5. The summed E-state index contributed by atoms with van der Waals surface area (Å²) in [6.45, 7) is 1.74. The molecule has 1 amide bonds. The number of benzene rings is 1. The molecule has 0 aliphatic carbocycles. The highest BCUT2D eigenvalue weighted by molar-refractivity contribution is 5.97. The van der Waals surface area contributed by atoms with Gasteiger partial charge in [-0.15, -0.1) is 0 Å². The fourth-order valence-corrected chi connectivity index (χ4v) is 4.25. The summed E-state index contributed by atoms with van der Waals surface area (Å²) in [5.74, 6) is -1.27. The second-order valence-electron chi connectivity index (χ2n) is 7.39. The monoisotopic (exact) mass is 397 g/mol. The molecule has 4 rings (SSSR count). The third-order valence-corrected chi connectivity index (χ3v) is 5.77. The highest BCUT2D eigenvalue weighted by Gasteiger charge is 2.45. The SMILES string of the molecule is CO[C@H]1CCCOC12CCN(C(=O)c1ccc3nc(C(F)(F)F)[nH]c3c1)CC2. The van der Waals surface area contributed by atoms with E-state index < -0.39 is 12.0 Å². The number of H-pyrrole nitrogens is 1. The van der Waals surface area contributed by atoms with E-state index in [0.29, 0.717) is 38.1 Å². The van der Waals surface area contributed by atoms with Crippen molar-refractivity contribution in [3.05, 3.63) is 29.6 Å². The summed E-state index contributed by atoms with van der Waals surface area (Å²) < 4.78 is 50.1. The Hall–Kier alpha value is -2.13. The number of likely N-dealkylation sites (tertiary alicyclic amines) is 1. The first-order valence-electron chi connectivity index (χ1n) is 9.35. The largest absolute Gasteiger partial charge is 0.449 e. The Balaban J connectivity index is 1.49. The predicted octanol–water partition coefficient (Wildman–Crippen LogP) is 3.38. The van der Waals surface area contributed by atoms with Crippen molar-refractivity contribution >= 4 is 16.9 Å². The zero-order valence-corrected chi connectivity index (χ0v) is 15.5. The summed E-state index contributed by atoms with van der Waals surface area (Å²) in [5.41, 5.74) is 0.369. The van der Waals surface area contributed by atoms with Crippen LogP contribution < -0.4 is 0 Å². The van der Waals surface area contributed by atoms with Crippen LogP contribution in [0, 0.1) is 0 Å². The fraction of sp³-hybridized carbons (Fsp3) is 0.579. The van der Waals surface area contributed by atoms with Crippen LogP contribution >= 0.6 is 0 Å². The lowest BCUT2D eigenvalue weighted by atomic mass is 9.81. The van der Waals surface area contributed by atoms with Gasteiger partial charge in [0.2, 0.25) is 5.82 Å². The predicted molar refractivity (Wildman–Crippen MR) is 94.9 cm³/mol. The molecule has 1 N–H and O–H groups in total. The van der Waals surface area contributed by atoms with E-state index in [2.05, 4.69) is 9.97 Å². The zero-order chi connectivity index (χ0) is 19.9. The molecule has 2 aliphatic rings. The molecule has 2 fully saturated rings. The number of aromatic amines is 1. The maximum Gasteiger partial charge on any atom is 0.449 e. The molecule has 6 nitrogen and oxygen atoms in total. The normalized spacial score (nSPS) is 22.7. The smallest absolute Gasteiger partial charge is 0.378 e. The van der Waals surface area contributed by atoms with Crippen LogP contribution in [-0.2, 0) is 15.7 Å². The number of nitrogens with zero attached hydrogens (tertiary/aromatic N) is 2. The molecule has 9 heteroatoms. The number of aromatic nitrogens is 2. The van der Waals surface area contributed by atoms with Crippen LogP contribution in [0.3, 0.4) is 0 Å². The number of hydrogen-bond acceptors (Lipinski definition) is 4. The first-order chi connectivity index (χ1) is 13.3. The summed E-state index contributed by atoms with van der Waals surface area (Å²) in [7, 11) is 1.69. The van der Waals surface area contributed by atoms with Gasteiger partial charge in [-0.3, -0.25) is 4.79 Å². The van der Waals surface area contributed by atoms with Crippen LogP contribution in [0.5, 0.6) is 0 Å². The lowest BCUT2D eigenvalue weighted by Gasteiger charge is -2.48. The van der Waals surface area contributed by atoms with Crippen molar-refractivity contribution in [3.8, 4) is 0 Å². The van der Waals surface area contributed by atoms with Crippen molar-refractivity contribution in [2.45, 2.75) is 43.6 Å². The minimum atomic E-state index is -4.55. The molecule has 1 aromatic carbocycles. The maximum atomic E-state index is 12.9. The van der Waals surface area contributed by atoms with E-state index in [1.807, 2.05) is 0 Å². The van der Waals surface area contributed by atoms with Crippen LogP contribution in [-0.4, -0.2) is 59.3 Å². The van der Waals surface area contributed by atoms with Crippen molar-refractivity contribution in [2.24, 2.45) is 0 Å². The van der Waals surface area contributed by atoms with Crippen molar-refractivity contribution in [1.82, 2.24) is 14.9 Å². The molecule has 0 bridgehead atoms. The maximum absolute atomic E-state index is 12.9. The molecule has 3 heterocycles. The van der Waals surface area contributed by atoms with Crippen LogP contribution in [0.2, 0.25) is 0 Å². The van der Waals surface area contributed by atoms with E-state index in [1.165, 1.54) is 18.2 Å². The summed E-state index contributed by atoms with van der Waals surface area (Å²) in [6.07, 6.45) is -1.25. The van der Waals surface area contributed by atoms with Gasteiger partial charge in [0.25, 0.3) is 5.91 Å². The number of hydrogen-bond donors (Lipinski definition) is 1. The topological polar surface area (TPSA) is 67.5 Å². The second kappa shape index (κ2) is 7.04. The summed E-state index contributed by atoms with van der Waals surface area (Å²) >= 11 is 0. The average molecular weight is 397 g/mol. The number of carbonyl (C=O) groups is 1. The molecular weight excluding hydrogens is 375 g/mol. The summed E-state index contributed by atoms with van der Waals surface area (Å²) in [5, 5.41) is 0. The number of fused-ring (bicyclic) bond motifs is 1. The molecule has 1 spiro atoms. The van der Waals surface area contributed by atoms with E-state index >= 15 is 0 Å². The molecular formula is C19H22F3N3O3. The average Bonchev–Trinajstić information content (AvgIpc) is 3.12. The molecule has 2 aromatic rings. The van der Waals surface area contributed by atoms with Gasteiger partial charge in [0, 0.05) is 32.4 Å². The lowest BCUT2D eigenvalue weighted by Crippen LogP contribution is -2.56. The van der Waals surface area contributed by atoms with Gasteiger partial charge in [0.15, 0.2) is 0 Å². The lowest BCUT2D eigenvalue weighted by molar-refractivity contribution is -0.183. The molecule has 2 saturated heterocycles. The third kappa shape index (κ3) is 3.37. The molecule has 0 saturated carbocycles. The molecule has 152 valence electrons. The molecule has 28 heavy (non-hydrogen) atoms. The van der Waals surface area contributed by atoms with Crippen LogP contribution in [0.25, 0.3) is 11.0 Å². The van der Waals surface area contributed by atoms with E-state index in [-0.39, 0.29) is 28.6 Å². The van der Waals surface area contributed by atoms with Crippen LogP contribution in [0.4, 0.5) is 13.2 Å². The molecule has 1 aromatic heterocycles. The number of alkyl halides is 3. The van der Waals surface area contributed by atoms with Crippen molar-refractivity contribution in [1.29, 1.82) is 0 Å². The Morgan fingerprint density at radius 2 is 2.11 bits per heavy atom. The van der Waals surface area contributed by atoms with E-state index in [9.17, 15) is 18.0 Å². The summed E-state index contributed by atoms with van der Waals surface area (Å²) in [4.78, 5) is 20.4. The molecule has 2 aliphatic heterocycles. The fourth-order valence-electron chi connectivity index (χ4n) is 4.25. The van der Waals surface area contributed by atoms with E-state index in [0.717, 1.165) is 12.8 Å². The van der Waals surface area contributed by atoms with Crippen LogP contribution in [0.1, 0.15) is 41.9 Å². The number of rotatable bonds is 2. The first-order valence-corrected chi connectivity index (χ1v) is 9.35. The highest BCUT2D eigenvalue weighted by atomic mass is 19.4. The minimum Gasteiger partial charge on any atom is -0.378 e. The van der Waals surface area contributed by atoms with E-state index in [4.69, 9.17) is 9.47 Å². The van der Waals surface area contributed by atoms with E-state index in [1.54, 1.807) is 12.0 Å². The number of piperidine rings is 1. The van der Waals surface area contributed by atoms with Gasteiger partial charge in [-0.25, -0.2) is 4.98 Å². The third-order valence-electron chi connectivity index (χ3n) is 5.77. The van der Waals surface area contributed by atoms with Gasteiger partial charge in [-0.1, -0.05) is 0 Å². The van der Waals surface area contributed by atoms with Gasteiger partial charge in [0.1, 0.15) is 0 Å². The Bertz CT molecular complexity index is 872. The Kier molecular flexibility index (Phi) is 4.83. The Morgan fingerprint density at radius 1 is 1.36 bits per heavy atom. The number of nitrogens with one attached hydrogen (secondary N) is 1. The molecule has 0 radical (unpaired) electrons. The van der Waals surface area contributed by atoms with Gasteiger partial charge < -0.3 is 19.4 Å². The highest BCUT2D eigenvalue weighted by Crippen LogP contribution is 2.37. The quantitative estimate of drug-likeness (QED) is 0.844. The molecule has 1 atom stereocenters.